The van der Waals surface area contributed by atoms with E-state index >= 15 is 0 Å². The van der Waals surface area contributed by atoms with Crippen molar-refractivity contribution in [3.63, 3.8) is 0 Å². The zero-order chi connectivity index (χ0) is 13.1. The van der Waals surface area contributed by atoms with E-state index in [0.29, 0.717) is 12.1 Å². The molecule has 1 aliphatic heterocycles. The Kier molecular flexibility index (Phi) is 4.23. The molecule has 2 heterocycles. The minimum absolute atomic E-state index is 0.561. The number of nitrogens with zero attached hydrogens (tertiary/aromatic N) is 2. The van der Waals surface area contributed by atoms with Gasteiger partial charge in [0, 0.05) is 31.4 Å². The van der Waals surface area contributed by atoms with Gasteiger partial charge >= 0.3 is 0 Å². The van der Waals surface area contributed by atoms with Crippen LogP contribution < -0.4 is 10.2 Å². The van der Waals surface area contributed by atoms with E-state index in [0.717, 1.165) is 18.8 Å². The second kappa shape index (κ2) is 5.70. The van der Waals surface area contributed by atoms with Crippen molar-refractivity contribution in [3.05, 3.63) is 23.5 Å². The van der Waals surface area contributed by atoms with E-state index in [9.17, 15) is 0 Å². The molecule has 0 bridgehead atoms. The summed E-state index contributed by atoms with van der Waals surface area (Å²) in [5, 5.41) is 3.66. The molecule has 100 valence electrons. The lowest BCUT2D eigenvalue weighted by Crippen LogP contribution is -2.48. The average Bonchev–Trinajstić information content (AvgIpc) is 2.28. The van der Waals surface area contributed by atoms with Crippen molar-refractivity contribution < 1.29 is 0 Å². The first-order valence-corrected chi connectivity index (χ1v) is 7.01. The van der Waals surface area contributed by atoms with Crippen LogP contribution in [0.1, 0.15) is 37.9 Å². The van der Waals surface area contributed by atoms with Crippen molar-refractivity contribution in [1.29, 1.82) is 0 Å². The number of anilines is 1. The van der Waals surface area contributed by atoms with Gasteiger partial charge in [-0.25, -0.2) is 0 Å². The van der Waals surface area contributed by atoms with Gasteiger partial charge in [0.2, 0.25) is 0 Å². The smallest absolute Gasteiger partial charge is 0.0612 e. The monoisotopic (exact) mass is 247 g/mol. The lowest BCUT2D eigenvalue weighted by Gasteiger charge is -2.37. The van der Waals surface area contributed by atoms with Crippen LogP contribution in [-0.2, 0) is 0 Å². The van der Waals surface area contributed by atoms with E-state index in [1.807, 2.05) is 6.20 Å². The molecule has 0 saturated carbocycles. The third-order valence-corrected chi connectivity index (χ3v) is 3.62. The van der Waals surface area contributed by atoms with Crippen LogP contribution in [0.15, 0.2) is 12.3 Å². The van der Waals surface area contributed by atoms with E-state index in [4.69, 9.17) is 0 Å². The maximum atomic E-state index is 4.44. The minimum Gasteiger partial charge on any atom is -0.368 e. The fraction of sp³-hybridized carbons (Fsp3) is 0.667. The van der Waals surface area contributed by atoms with Gasteiger partial charge < -0.3 is 10.2 Å². The van der Waals surface area contributed by atoms with Crippen LogP contribution in [0, 0.1) is 13.8 Å². The Morgan fingerprint density at radius 3 is 2.83 bits per heavy atom. The predicted octanol–water partition coefficient (Wildman–Crippen LogP) is 2.67. The second-order valence-corrected chi connectivity index (χ2v) is 5.67. The molecule has 0 amide bonds. The van der Waals surface area contributed by atoms with Gasteiger partial charge in [0.25, 0.3) is 0 Å². The highest BCUT2D eigenvalue weighted by Crippen LogP contribution is 2.26. The zero-order valence-corrected chi connectivity index (χ0v) is 12.0. The van der Waals surface area contributed by atoms with E-state index in [1.165, 1.54) is 24.1 Å². The van der Waals surface area contributed by atoms with Gasteiger partial charge in [-0.1, -0.05) is 13.8 Å². The Bertz CT molecular complexity index is 380. The molecular formula is C15H25N3. The topological polar surface area (TPSA) is 28.2 Å². The van der Waals surface area contributed by atoms with Crippen molar-refractivity contribution in [2.24, 2.45) is 0 Å². The van der Waals surface area contributed by atoms with Crippen LogP contribution >= 0.6 is 0 Å². The Balaban J connectivity index is 2.13. The standard InChI is InChI=1S/C15H25N3/c1-11(2)17-14-6-5-9-18(10-14)15-12(3)7-8-16-13(15)4/h7-8,11,14,17H,5-6,9-10H2,1-4H3. The fourth-order valence-corrected chi connectivity index (χ4v) is 2.95. The van der Waals surface area contributed by atoms with E-state index in [2.05, 4.69) is 49.0 Å². The van der Waals surface area contributed by atoms with Gasteiger partial charge in [-0.05, 0) is 38.3 Å². The first-order valence-electron chi connectivity index (χ1n) is 7.01. The van der Waals surface area contributed by atoms with Crippen molar-refractivity contribution in [1.82, 2.24) is 10.3 Å². The molecule has 1 aromatic rings. The summed E-state index contributed by atoms with van der Waals surface area (Å²) in [6.45, 7) is 11.0. The van der Waals surface area contributed by atoms with E-state index in [-0.39, 0.29) is 0 Å². The van der Waals surface area contributed by atoms with Gasteiger partial charge in [-0.3, -0.25) is 4.98 Å². The molecule has 3 heteroatoms. The first kappa shape index (κ1) is 13.3. The number of piperidine rings is 1. The number of hydrogen-bond donors (Lipinski definition) is 1. The summed E-state index contributed by atoms with van der Waals surface area (Å²) >= 11 is 0. The number of aromatic nitrogens is 1. The number of pyridine rings is 1. The average molecular weight is 247 g/mol. The molecule has 1 unspecified atom stereocenters. The van der Waals surface area contributed by atoms with Crippen molar-refractivity contribution >= 4 is 5.69 Å². The molecule has 1 fully saturated rings. The summed E-state index contributed by atoms with van der Waals surface area (Å²) in [6.07, 6.45) is 4.45. The summed E-state index contributed by atoms with van der Waals surface area (Å²) in [7, 11) is 0. The number of rotatable bonds is 3. The van der Waals surface area contributed by atoms with Gasteiger partial charge in [-0.15, -0.1) is 0 Å². The molecular weight excluding hydrogens is 222 g/mol. The maximum absolute atomic E-state index is 4.44. The summed E-state index contributed by atoms with van der Waals surface area (Å²) in [5.74, 6) is 0. The summed E-state index contributed by atoms with van der Waals surface area (Å²) in [4.78, 5) is 6.94. The second-order valence-electron chi connectivity index (χ2n) is 5.67. The molecule has 18 heavy (non-hydrogen) atoms. The SMILES string of the molecule is Cc1ccnc(C)c1N1CCCC(NC(C)C)C1. The molecule has 0 aliphatic carbocycles. The number of hydrogen-bond acceptors (Lipinski definition) is 3. The minimum atomic E-state index is 0.561. The highest BCUT2D eigenvalue weighted by Gasteiger charge is 2.22. The number of nitrogens with one attached hydrogen (secondary N) is 1. The lowest BCUT2D eigenvalue weighted by atomic mass is 10.0. The van der Waals surface area contributed by atoms with Crippen LogP contribution in [0.3, 0.4) is 0 Å². The predicted molar refractivity (Wildman–Crippen MR) is 77.2 cm³/mol. The highest BCUT2D eigenvalue weighted by molar-refractivity contribution is 5.56. The highest BCUT2D eigenvalue weighted by atomic mass is 15.2. The summed E-state index contributed by atoms with van der Waals surface area (Å²) in [6, 6.07) is 3.28. The Labute approximate surface area is 111 Å². The van der Waals surface area contributed by atoms with Gasteiger partial charge in [0.05, 0.1) is 11.4 Å². The molecule has 1 atom stereocenters. The maximum Gasteiger partial charge on any atom is 0.0612 e. The Morgan fingerprint density at radius 1 is 1.39 bits per heavy atom. The Hall–Kier alpha value is -1.09. The van der Waals surface area contributed by atoms with Crippen LogP contribution in [0.5, 0.6) is 0 Å². The van der Waals surface area contributed by atoms with Gasteiger partial charge in [0.15, 0.2) is 0 Å². The molecule has 1 N–H and O–H groups in total. The third-order valence-electron chi connectivity index (χ3n) is 3.62. The first-order chi connectivity index (χ1) is 8.58. The molecule has 3 nitrogen and oxygen atoms in total. The van der Waals surface area contributed by atoms with Crippen molar-refractivity contribution in [2.75, 3.05) is 18.0 Å². The Morgan fingerprint density at radius 2 is 2.17 bits per heavy atom. The molecule has 1 saturated heterocycles. The van der Waals surface area contributed by atoms with Crippen molar-refractivity contribution in [3.8, 4) is 0 Å². The quantitative estimate of drug-likeness (QED) is 0.890. The van der Waals surface area contributed by atoms with Crippen LogP contribution in [0.25, 0.3) is 0 Å². The molecule has 1 aromatic heterocycles. The summed E-state index contributed by atoms with van der Waals surface area (Å²) < 4.78 is 0. The fourth-order valence-electron chi connectivity index (χ4n) is 2.95. The summed E-state index contributed by atoms with van der Waals surface area (Å²) in [5.41, 5.74) is 3.83. The molecule has 0 spiro atoms. The van der Waals surface area contributed by atoms with Gasteiger partial charge in [-0.2, -0.15) is 0 Å². The third kappa shape index (κ3) is 3.02. The van der Waals surface area contributed by atoms with Crippen LogP contribution in [0.4, 0.5) is 5.69 Å². The number of aryl methyl sites for hydroxylation is 2. The normalized spacial score (nSPS) is 20.5. The molecule has 0 radical (unpaired) electrons. The van der Waals surface area contributed by atoms with Gasteiger partial charge in [0.1, 0.15) is 0 Å². The van der Waals surface area contributed by atoms with E-state index < -0.39 is 0 Å². The zero-order valence-electron chi connectivity index (χ0n) is 12.0. The van der Waals surface area contributed by atoms with Crippen LogP contribution in [-0.4, -0.2) is 30.2 Å². The van der Waals surface area contributed by atoms with Crippen molar-refractivity contribution in [2.45, 2.75) is 52.6 Å². The largest absolute Gasteiger partial charge is 0.368 e. The lowest BCUT2D eigenvalue weighted by molar-refractivity contribution is 0.394. The molecule has 2 rings (SSSR count). The van der Waals surface area contributed by atoms with E-state index in [1.54, 1.807) is 0 Å². The molecule has 0 aromatic carbocycles. The molecule has 1 aliphatic rings. The van der Waals surface area contributed by atoms with Crippen LogP contribution in [0.2, 0.25) is 0 Å².